The highest BCUT2D eigenvalue weighted by atomic mass is 16.5. The predicted molar refractivity (Wildman–Crippen MR) is 72.6 cm³/mol. The first-order valence-corrected chi connectivity index (χ1v) is 6.96. The van der Waals surface area contributed by atoms with E-state index < -0.39 is 0 Å². The van der Waals surface area contributed by atoms with Crippen molar-refractivity contribution in [1.82, 2.24) is 0 Å². The van der Waals surface area contributed by atoms with Crippen LogP contribution in [0.3, 0.4) is 0 Å². The van der Waals surface area contributed by atoms with Crippen LogP contribution in [0.1, 0.15) is 56.1 Å². The summed E-state index contributed by atoms with van der Waals surface area (Å²) in [5, 5.41) is 0. The van der Waals surface area contributed by atoms with Gasteiger partial charge in [-0.25, -0.2) is 0 Å². The lowest BCUT2D eigenvalue weighted by Gasteiger charge is -2.31. The quantitative estimate of drug-likeness (QED) is 0.754. The molecule has 1 aliphatic rings. The lowest BCUT2D eigenvalue weighted by Crippen LogP contribution is -2.28. The summed E-state index contributed by atoms with van der Waals surface area (Å²) in [6.07, 6.45) is 5.09. The number of aryl methyl sites for hydroxylation is 1. The molecule has 2 nitrogen and oxygen atoms in total. The van der Waals surface area contributed by atoms with Crippen molar-refractivity contribution in [2.45, 2.75) is 58.0 Å². The number of esters is 1. The summed E-state index contributed by atoms with van der Waals surface area (Å²) in [6, 6.07) is 8.59. The van der Waals surface area contributed by atoms with Crippen molar-refractivity contribution < 1.29 is 9.53 Å². The van der Waals surface area contributed by atoms with Crippen LogP contribution in [-0.4, -0.2) is 12.1 Å². The molecule has 98 valence electrons. The van der Waals surface area contributed by atoms with Crippen LogP contribution < -0.4 is 0 Å². The molecule has 1 aromatic rings. The van der Waals surface area contributed by atoms with E-state index in [1.807, 2.05) is 6.92 Å². The Morgan fingerprint density at radius 3 is 2.83 bits per heavy atom. The van der Waals surface area contributed by atoms with Gasteiger partial charge in [0.1, 0.15) is 6.10 Å². The van der Waals surface area contributed by atoms with Gasteiger partial charge in [-0.1, -0.05) is 43.2 Å². The second kappa shape index (κ2) is 6.03. The van der Waals surface area contributed by atoms with Crippen LogP contribution in [0.15, 0.2) is 24.3 Å². The Kier molecular flexibility index (Phi) is 4.40. The summed E-state index contributed by atoms with van der Waals surface area (Å²) in [7, 11) is 0. The van der Waals surface area contributed by atoms with E-state index >= 15 is 0 Å². The van der Waals surface area contributed by atoms with Crippen molar-refractivity contribution in [3.05, 3.63) is 35.4 Å². The molecule has 0 saturated heterocycles. The van der Waals surface area contributed by atoms with Crippen molar-refractivity contribution in [3.63, 3.8) is 0 Å². The van der Waals surface area contributed by atoms with E-state index in [0.717, 1.165) is 12.8 Å². The molecule has 0 aliphatic heterocycles. The fourth-order valence-electron chi connectivity index (χ4n) is 2.77. The van der Waals surface area contributed by atoms with Crippen molar-refractivity contribution in [2.75, 3.05) is 0 Å². The largest absolute Gasteiger partial charge is 0.462 e. The molecule has 2 heteroatoms. The van der Waals surface area contributed by atoms with E-state index in [0.29, 0.717) is 12.3 Å². The van der Waals surface area contributed by atoms with E-state index in [9.17, 15) is 4.79 Å². The van der Waals surface area contributed by atoms with Crippen molar-refractivity contribution in [2.24, 2.45) is 0 Å². The molecule has 0 unspecified atom stereocenters. The number of benzene rings is 1. The van der Waals surface area contributed by atoms with Gasteiger partial charge in [0.05, 0.1) is 0 Å². The van der Waals surface area contributed by atoms with Gasteiger partial charge >= 0.3 is 5.97 Å². The second-order valence-corrected chi connectivity index (χ2v) is 5.19. The van der Waals surface area contributed by atoms with Gasteiger partial charge in [-0.3, -0.25) is 4.79 Å². The predicted octanol–water partition coefficient (Wildman–Crippen LogP) is 3.97. The third-order valence-corrected chi connectivity index (χ3v) is 3.74. The number of hydrogen-bond donors (Lipinski definition) is 0. The first-order valence-electron chi connectivity index (χ1n) is 6.96. The van der Waals surface area contributed by atoms with Crippen LogP contribution in [0.5, 0.6) is 0 Å². The summed E-state index contributed by atoms with van der Waals surface area (Å²) in [6.45, 7) is 3.96. The molecular weight excluding hydrogens is 224 g/mol. The van der Waals surface area contributed by atoms with Gasteiger partial charge in [0.25, 0.3) is 0 Å². The van der Waals surface area contributed by atoms with Crippen molar-refractivity contribution in [3.8, 4) is 0 Å². The van der Waals surface area contributed by atoms with Crippen LogP contribution in [0, 0.1) is 6.92 Å². The fourth-order valence-corrected chi connectivity index (χ4v) is 2.77. The molecule has 0 spiro atoms. The number of hydrogen-bond acceptors (Lipinski definition) is 2. The highest BCUT2D eigenvalue weighted by Gasteiger charge is 2.29. The van der Waals surface area contributed by atoms with E-state index in [1.165, 1.54) is 24.0 Å². The fraction of sp³-hybridized carbons (Fsp3) is 0.562. The molecule has 18 heavy (non-hydrogen) atoms. The van der Waals surface area contributed by atoms with Crippen LogP contribution >= 0.6 is 0 Å². The van der Waals surface area contributed by atoms with Crippen LogP contribution in [0.25, 0.3) is 0 Å². The Labute approximate surface area is 109 Å². The highest BCUT2D eigenvalue weighted by molar-refractivity contribution is 5.69. The molecule has 2 atom stereocenters. The number of ether oxygens (including phenoxy) is 1. The minimum absolute atomic E-state index is 0.0699. The summed E-state index contributed by atoms with van der Waals surface area (Å²) in [4.78, 5) is 11.5. The zero-order chi connectivity index (χ0) is 13.0. The van der Waals surface area contributed by atoms with Crippen LogP contribution in [0.2, 0.25) is 0 Å². The molecule has 0 aromatic heterocycles. The van der Waals surface area contributed by atoms with E-state index in [1.54, 1.807) is 0 Å². The Morgan fingerprint density at radius 2 is 2.11 bits per heavy atom. The SMILES string of the molecule is CCC(=O)O[C@@H]1CCCC[C@@H]1c1cccc(C)c1. The average Bonchev–Trinajstić information content (AvgIpc) is 2.39. The van der Waals surface area contributed by atoms with Crippen molar-refractivity contribution >= 4 is 5.97 Å². The summed E-state index contributed by atoms with van der Waals surface area (Å²) < 4.78 is 5.61. The molecule has 1 saturated carbocycles. The van der Waals surface area contributed by atoms with Gasteiger partial charge in [0.2, 0.25) is 0 Å². The normalized spacial score (nSPS) is 23.7. The minimum atomic E-state index is -0.0699. The third kappa shape index (κ3) is 3.12. The van der Waals surface area contributed by atoms with Crippen LogP contribution in [0.4, 0.5) is 0 Å². The maximum atomic E-state index is 11.5. The maximum Gasteiger partial charge on any atom is 0.305 e. The van der Waals surface area contributed by atoms with Gasteiger partial charge in [0.15, 0.2) is 0 Å². The number of carbonyl (C=O) groups is 1. The van der Waals surface area contributed by atoms with Gasteiger partial charge in [-0.05, 0) is 31.7 Å². The third-order valence-electron chi connectivity index (χ3n) is 3.74. The average molecular weight is 246 g/mol. The standard InChI is InChI=1S/C16H22O2/c1-3-16(17)18-15-10-5-4-9-14(15)13-8-6-7-12(2)11-13/h6-8,11,14-15H,3-5,9-10H2,1-2H3/t14-,15-/m1/s1. The van der Waals surface area contributed by atoms with Crippen molar-refractivity contribution in [1.29, 1.82) is 0 Å². The zero-order valence-corrected chi connectivity index (χ0v) is 11.3. The zero-order valence-electron chi connectivity index (χ0n) is 11.3. The Morgan fingerprint density at radius 1 is 1.33 bits per heavy atom. The molecule has 2 rings (SSSR count). The molecule has 0 radical (unpaired) electrons. The van der Waals surface area contributed by atoms with Gasteiger partial charge in [0, 0.05) is 12.3 Å². The molecule has 1 aliphatic carbocycles. The highest BCUT2D eigenvalue weighted by Crippen LogP contribution is 2.35. The molecular formula is C16H22O2. The first-order chi connectivity index (χ1) is 8.70. The first kappa shape index (κ1) is 13.1. The molecule has 0 heterocycles. The van der Waals surface area contributed by atoms with Crippen LogP contribution in [-0.2, 0) is 9.53 Å². The van der Waals surface area contributed by atoms with E-state index in [-0.39, 0.29) is 12.1 Å². The monoisotopic (exact) mass is 246 g/mol. The van der Waals surface area contributed by atoms with Gasteiger partial charge in [-0.2, -0.15) is 0 Å². The lowest BCUT2D eigenvalue weighted by molar-refractivity contribution is -0.151. The summed E-state index contributed by atoms with van der Waals surface area (Å²) >= 11 is 0. The van der Waals surface area contributed by atoms with Gasteiger partial charge in [-0.15, -0.1) is 0 Å². The maximum absolute atomic E-state index is 11.5. The molecule has 0 amide bonds. The Balaban J connectivity index is 2.14. The topological polar surface area (TPSA) is 26.3 Å². The van der Waals surface area contributed by atoms with E-state index in [2.05, 4.69) is 31.2 Å². The second-order valence-electron chi connectivity index (χ2n) is 5.19. The Bertz CT molecular complexity index is 411. The molecule has 0 bridgehead atoms. The molecule has 1 aromatic carbocycles. The van der Waals surface area contributed by atoms with E-state index in [4.69, 9.17) is 4.74 Å². The van der Waals surface area contributed by atoms with Gasteiger partial charge < -0.3 is 4.74 Å². The minimum Gasteiger partial charge on any atom is -0.462 e. The summed E-state index contributed by atoms with van der Waals surface area (Å²) in [5.41, 5.74) is 2.60. The molecule has 1 fully saturated rings. The Hall–Kier alpha value is -1.31. The number of carbonyl (C=O) groups excluding carboxylic acids is 1. The molecule has 0 N–H and O–H groups in total. The summed E-state index contributed by atoms with van der Waals surface area (Å²) in [5.74, 6) is 0.314. The lowest BCUT2D eigenvalue weighted by atomic mass is 9.81. The number of rotatable bonds is 3. The smallest absolute Gasteiger partial charge is 0.305 e.